The Morgan fingerprint density at radius 2 is 1.85 bits per heavy atom. The molecule has 1 aromatic heterocycles. The monoisotopic (exact) mass is 416 g/mol. The minimum atomic E-state index is 0.533. The van der Waals surface area contributed by atoms with Crippen LogP contribution >= 0.6 is 45.8 Å². The van der Waals surface area contributed by atoms with E-state index in [-0.39, 0.29) is 0 Å². The Labute approximate surface area is 140 Å². The Hall–Kier alpha value is -0.780. The van der Waals surface area contributed by atoms with Crippen LogP contribution < -0.4 is 0 Å². The van der Waals surface area contributed by atoms with Crippen LogP contribution in [0, 0.1) is 3.57 Å². The van der Waals surface area contributed by atoms with E-state index in [0.717, 1.165) is 22.5 Å². The zero-order chi connectivity index (χ0) is 14.1. The van der Waals surface area contributed by atoms with E-state index < -0.39 is 0 Å². The normalized spacial score (nSPS) is 11.2. The first-order valence-electron chi connectivity index (χ1n) is 6.18. The molecule has 0 spiro atoms. The average molecular weight is 417 g/mol. The van der Waals surface area contributed by atoms with Crippen molar-refractivity contribution < 1.29 is 0 Å². The fourth-order valence-corrected chi connectivity index (χ4v) is 3.04. The predicted octanol–water partition coefficient (Wildman–Crippen LogP) is 5.06. The van der Waals surface area contributed by atoms with E-state index in [1.807, 2.05) is 18.2 Å². The van der Waals surface area contributed by atoms with E-state index in [2.05, 4.69) is 56.4 Å². The number of halogens is 3. The number of aromatic nitrogens is 2. The van der Waals surface area contributed by atoms with Gasteiger partial charge in [0, 0.05) is 21.6 Å². The molecule has 2 nitrogen and oxygen atoms in total. The van der Waals surface area contributed by atoms with Crippen LogP contribution in [-0.4, -0.2) is 15.4 Å². The predicted molar refractivity (Wildman–Crippen MR) is 93.2 cm³/mol. The quantitative estimate of drug-likeness (QED) is 0.430. The van der Waals surface area contributed by atoms with Crippen molar-refractivity contribution in [2.24, 2.45) is 0 Å². The lowest BCUT2D eigenvalue weighted by atomic mass is 10.2. The van der Waals surface area contributed by atoms with Gasteiger partial charge in [-0.25, -0.2) is 4.98 Å². The largest absolute Gasteiger partial charge is 0.295 e. The van der Waals surface area contributed by atoms with Gasteiger partial charge in [-0.15, -0.1) is 11.6 Å². The van der Waals surface area contributed by atoms with Gasteiger partial charge in [-0.1, -0.05) is 17.7 Å². The Kier molecular flexibility index (Phi) is 4.19. The molecule has 0 aliphatic heterocycles. The Balaban J connectivity index is 2.30. The molecule has 0 saturated heterocycles. The minimum absolute atomic E-state index is 0.533. The van der Waals surface area contributed by atoms with Crippen LogP contribution in [0.3, 0.4) is 0 Å². The highest BCUT2D eigenvalue weighted by atomic mass is 127. The lowest BCUT2D eigenvalue weighted by Gasteiger charge is -2.09. The molecule has 0 bridgehead atoms. The number of hydrogen-bond donors (Lipinski definition) is 0. The van der Waals surface area contributed by atoms with Gasteiger partial charge in [0.25, 0.3) is 0 Å². The highest BCUT2D eigenvalue weighted by Crippen LogP contribution is 2.28. The van der Waals surface area contributed by atoms with E-state index >= 15 is 0 Å². The molecule has 0 amide bonds. The number of imidazole rings is 1. The van der Waals surface area contributed by atoms with Crippen molar-refractivity contribution in [1.82, 2.24) is 9.55 Å². The molecule has 0 radical (unpaired) electrons. The molecule has 1 heterocycles. The van der Waals surface area contributed by atoms with Crippen molar-refractivity contribution in [1.29, 1.82) is 0 Å². The number of alkyl halides is 1. The van der Waals surface area contributed by atoms with Crippen LogP contribution in [0.1, 0.15) is 5.82 Å². The number of rotatable bonds is 3. The van der Waals surface area contributed by atoms with Gasteiger partial charge in [-0.3, -0.25) is 4.57 Å². The van der Waals surface area contributed by atoms with Gasteiger partial charge in [0.05, 0.1) is 16.1 Å². The highest BCUT2D eigenvalue weighted by molar-refractivity contribution is 14.1. The summed E-state index contributed by atoms with van der Waals surface area (Å²) in [6.45, 7) is 0. The average Bonchev–Trinajstić information content (AvgIpc) is 2.80. The van der Waals surface area contributed by atoms with E-state index in [9.17, 15) is 0 Å². The molecule has 5 heteroatoms. The van der Waals surface area contributed by atoms with Gasteiger partial charge < -0.3 is 0 Å². The number of nitrogens with zero attached hydrogens (tertiary/aromatic N) is 2. The zero-order valence-corrected chi connectivity index (χ0v) is 14.2. The second kappa shape index (κ2) is 5.92. The third kappa shape index (κ3) is 2.54. The van der Waals surface area contributed by atoms with Gasteiger partial charge in [0.1, 0.15) is 5.82 Å². The molecule has 20 heavy (non-hydrogen) atoms. The van der Waals surface area contributed by atoms with Crippen LogP contribution in [0.2, 0.25) is 5.02 Å². The van der Waals surface area contributed by atoms with Crippen molar-refractivity contribution in [2.75, 3.05) is 5.88 Å². The summed E-state index contributed by atoms with van der Waals surface area (Å²) >= 11 is 14.6. The Morgan fingerprint density at radius 3 is 2.55 bits per heavy atom. The van der Waals surface area contributed by atoms with E-state index in [1.165, 1.54) is 3.57 Å². The van der Waals surface area contributed by atoms with E-state index in [1.54, 1.807) is 0 Å². The molecule has 3 rings (SSSR count). The number of benzene rings is 2. The van der Waals surface area contributed by atoms with Crippen LogP contribution in [-0.2, 0) is 6.42 Å². The van der Waals surface area contributed by atoms with Gasteiger partial charge in [0.2, 0.25) is 0 Å². The van der Waals surface area contributed by atoms with Crippen LogP contribution in [0.25, 0.3) is 16.7 Å². The first-order chi connectivity index (χ1) is 9.70. The number of aryl methyl sites for hydroxylation is 1. The molecular weight excluding hydrogens is 406 g/mol. The zero-order valence-electron chi connectivity index (χ0n) is 10.5. The number of hydrogen-bond acceptors (Lipinski definition) is 1. The lowest BCUT2D eigenvalue weighted by molar-refractivity contribution is 0.912. The molecule has 0 fully saturated rings. The third-order valence-electron chi connectivity index (χ3n) is 3.10. The SMILES string of the molecule is ClCCc1nc2cccc(Cl)c2n1-c1ccc(I)cc1. The molecule has 0 atom stereocenters. The van der Waals surface area contributed by atoms with E-state index in [4.69, 9.17) is 23.2 Å². The maximum absolute atomic E-state index is 6.36. The summed E-state index contributed by atoms with van der Waals surface area (Å²) in [7, 11) is 0. The molecule has 2 aromatic carbocycles. The van der Waals surface area contributed by atoms with Crippen LogP contribution in [0.5, 0.6) is 0 Å². The number of fused-ring (bicyclic) bond motifs is 1. The smallest absolute Gasteiger partial charge is 0.115 e. The molecule has 0 saturated carbocycles. The topological polar surface area (TPSA) is 17.8 Å². The van der Waals surface area contributed by atoms with Crippen molar-refractivity contribution in [3.8, 4) is 5.69 Å². The second-order valence-corrected chi connectivity index (χ2v) is 6.42. The van der Waals surface area contributed by atoms with Crippen LogP contribution in [0.4, 0.5) is 0 Å². The highest BCUT2D eigenvalue weighted by Gasteiger charge is 2.14. The second-order valence-electron chi connectivity index (χ2n) is 4.39. The Bertz CT molecular complexity index is 750. The Morgan fingerprint density at radius 1 is 1.10 bits per heavy atom. The summed E-state index contributed by atoms with van der Waals surface area (Å²) in [4.78, 5) is 4.65. The van der Waals surface area contributed by atoms with Crippen molar-refractivity contribution >= 4 is 56.8 Å². The summed E-state index contributed by atoms with van der Waals surface area (Å²) in [5, 5.41) is 0.703. The molecule has 0 unspecified atom stereocenters. The maximum Gasteiger partial charge on any atom is 0.115 e. The maximum atomic E-state index is 6.36. The lowest BCUT2D eigenvalue weighted by Crippen LogP contribution is -2.02. The fourth-order valence-electron chi connectivity index (χ4n) is 2.25. The van der Waals surface area contributed by atoms with Gasteiger partial charge in [-0.2, -0.15) is 0 Å². The van der Waals surface area contributed by atoms with Crippen molar-refractivity contribution in [3.63, 3.8) is 0 Å². The molecule has 0 aliphatic rings. The van der Waals surface area contributed by atoms with Gasteiger partial charge >= 0.3 is 0 Å². The minimum Gasteiger partial charge on any atom is -0.295 e. The van der Waals surface area contributed by atoms with Crippen molar-refractivity contribution in [2.45, 2.75) is 6.42 Å². The summed E-state index contributed by atoms with van der Waals surface area (Å²) in [6.07, 6.45) is 0.707. The van der Waals surface area contributed by atoms with Crippen LogP contribution in [0.15, 0.2) is 42.5 Å². The van der Waals surface area contributed by atoms with E-state index in [0.29, 0.717) is 17.3 Å². The van der Waals surface area contributed by atoms with Gasteiger partial charge in [0.15, 0.2) is 0 Å². The molecule has 0 aliphatic carbocycles. The standard InChI is InChI=1S/C15H11Cl2IN2/c16-9-8-14-19-13-3-1-2-12(17)15(13)20(14)11-6-4-10(18)5-7-11/h1-7H,8-9H2. The first-order valence-corrected chi connectivity index (χ1v) is 8.17. The summed E-state index contributed by atoms with van der Waals surface area (Å²) in [5.41, 5.74) is 2.90. The summed E-state index contributed by atoms with van der Waals surface area (Å²) < 4.78 is 3.29. The summed E-state index contributed by atoms with van der Waals surface area (Å²) in [6, 6.07) is 14.1. The molecule has 0 N–H and O–H groups in total. The van der Waals surface area contributed by atoms with Gasteiger partial charge in [-0.05, 0) is 59.0 Å². The fraction of sp³-hybridized carbons (Fsp3) is 0.133. The van der Waals surface area contributed by atoms with Crippen molar-refractivity contribution in [3.05, 3.63) is 56.9 Å². The summed E-state index contributed by atoms with van der Waals surface area (Å²) in [5.74, 6) is 1.47. The molecule has 3 aromatic rings. The number of para-hydroxylation sites is 1. The third-order valence-corrected chi connectivity index (χ3v) is 4.31. The molecular formula is C15H11Cl2IN2. The molecule has 102 valence electrons. The first kappa shape index (κ1) is 14.2.